The van der Waals surface area contributed by atoms with Crippen molar-refractivity contribution in [2.45, 2.75) is 12.5 Å². The molecule has 0 spiro atoms. The number of halogens is 1. The van der Waals surface area contributed by atoms with E-state index >= 15 is 0 Å². The van der Waals surface area contributed by atoms with Crippen molar-refractivity contribution in [1.29, 1.82) is 0 Å². The number of sulfone groups is 1. The molecule has 2 aliphatic heterocycles. The fourth-order valence-electron chi connectivity index (χ4n) is 2.68. The van der Waals surface area contributed by atoms with Crippen LogP contribution in [0.5, 0.6) is 0 Å². The summed E-state index contributed by atoms with van der Waals surface area (Å²) >= 11 is 6.24. The number of rotatable bonds is 1. The van der Waals surface area contributed by atoms with Crippen LogP contribution in [0.3, 0.4) is 0 Å². The lowest BCUT2D eigenvalue weighted by atomic mass is 10.1. The summed E-state index contributed by atoms with van der Waals surface area (Å²) in [6.07, 6.45) is -0.652. The van der Waals surface area contributed by atoms with Crippen LogP contribution in [0, 0.1) is 0 Å². The van der Waals surface area contributed by atoms with Crippen molar-refractivity contribution >= 4 is 38.7 Å². The van der Waals surface area contributed by atoms with E-state index in [-0.39, 0.29) is 11.5 Å². The number of fused-ring (bicyclic) bond motifs is 1. The van der Waals surface area contributed by atoms with Crippen molar-refractivity contribution in [1.82, 2.24) is 0 Å². The molecule has 0 saturated carbocycles. The van der Waals surface area contributed by atoms with E-state index in [2.05, 4.69) is 5.32 Å². The van der Waals surface area contributed by atoms with Gasteiger partial charge in [0.2, 0.25) is 0 Å². The number of benzene rings is 1. The molecule has 2 N–H and O–H groups in total. The number of amides is 1. The quantitative estimate of drug-likeness (QED) is 0.800. The van der Waals surface area contributed by atoms with Crippen LogP contribution in [-0.4, -0.2) is 44.0 Å². The average Bonchev–Trinajstić information content (AvgIpc) is 2.59. The standard InChI is InChI=1S/C13H15ClN2O4S/c14-9-6-8-10(15-13(18)12(8)17)7-11(9)16-2-1-4-21(19,20)5-3-16/h6-7,12,17H,1-5H2,(H,15,18). The van der Waals surface area contributed by atoms with Crippen LogP contribution in [0.25, 0.3) is 0 Å². The monoisotopic (exact) mass is 330 g/mol. The molecule has 114 valence electrons. The molecule has 0 aromatic heterocycles. The minimum atomic E-state index is -3.00. The summed E-state index contributed by atoms with van der Waals surface area (Å²) in [5.41, 5.74) is 1.66. The molecule has 0 bridgehead atoms. The van der Waals surface area contributed by atoms with E-state index in [4.69, 9.17) is 11.6 Å². The van der Waals surface area contributed by atoms with Crippen molar-refractivity contribution in [2.75, 3.05) is 34.8 Å². The first-order chi connectivity index (χ1) is 9.87. The third-order valence-electron chi connectivity index (χ3n) is 3.82. The van der Waals surface area contributed by atoms with Gasteiger partial charge in [0.25, 0.3) is 5.91 Å². The van der Waals surface area contributed by atoms with Crippen LogP contribution in [-0.2, 0) is 14.6 Å². The van der Waals surface area contributed by atoms with Gasteiger partial charge in [-0.1, -0.05) is 11.6 Å². The molecule has 1 unspecified atom stereocenters. The summed E-state index contributed by atoms with van der Waals surface area (Å²) in [4.78, 5) is 13.4. The molecular formula is C13H15ClN2O4S. The minimum absolute atomic E-state index is 0.0927. The van der Waals surface area contributed by atoms with Gasteiger partial charge in [0.1, 0.15) is 0 Å². The first-order valence-corrected chi connectivity index (χ1v) is 8.85. The molecule has 8 heteroatoms. The maximum absolute atomic E-state index is 11.7. The van der Waals surface area contributed by atoms with Crippen LogP contribution in [0.4, 0.5) is 11.4 Å². The van der Waals surface area contributed by atoms with Crippen LogP contribution < -0.4 is 10.2 Å². The summed E-state index contributed by atoms with van der Waals surface area (Å²) in [6.45, 7) is 0.964. The first kappa shape index (κ1) is 14.6. The Morgan fingerprint density at radius 1 is 1.29 bits per heavy atom. The van der Waals surface area contributed by atoms with Gasteiger partial charge in [-0.25, -0.2) is 8.42 Å². The smallest absolute Gasteiger partial charge is 0.257 e. The molecule has 1 saturated heterocycles. The van der Waals surface area contributed by atoms with Crippen molar-refractivity contribution < 1.29 is 18.3 Å². The number of nitrogens with zero attached hydrogens (tertiary/aromatic N) is 1. The van der Waals surface area contributed by atoms with Crippen molar-refractivity contribution in [3.63, 3.8) is 0 Å². The van der Waals surface area contributed by atoms with Gasteiger partial charge in [-0.15, -0.1) is 0 Å². The van der Waals surface area contributed by atoms with Gasteiger partial charge in [0.05, 0.1) is 22.2 Å². The normalized spacial score (nSPS) is 24.4. The van der Waals surface area contributed by atoms with Gasteiger partial charge in [-0.3, -0.25) is 4.79 Å². The Bertz CT molecular complexity index is 704. The largest absolute Gasteiger partial charge is 0.378 e. The Morgan fingerprint density at radius 3 is 2.81 bits per heavy atom. The van der Waals surface area contributed by atoms with Gasteiger partial charge in [-0.2, -0.15) is 0 Å². The second-order valence-electron chi connectivity index (χ2n) is 5.28. The zero-order valence-corrected chi connectivity index (χ0v) is 12.7. The number of carbonyl (C=O) groups is 1. The zero-order valence-electron chi connectivity index (χ0n) is 11.2. The number of anilines is 2. The van der Waals surface area contributed by atoms with Gasteiger partial charge in [-0.05, 0) is 18.6 Å². The van der Waals surface area contributed by atoms with Gasteiger partial charge < -0.3 is 15.3 Å². The molecule has 0 radical (unpaired) electrons. The molecule has 1 fully saturated rings. The summed E-state index contributed by atoms with van der Waals surface area (Å²) in [6, 6.07) is 3.26. The molecule has 1 aromatic carbocycles. The minimum Gasteiger partial charge on any atom is -0.378 e. The lowest BCUT2D eigenvalue weighted by molar-refractivity contribution is -0.123. The number of hydrogen-bond acceptors (Lipinski definition) is 5. The van der Waals surface area contributed by atoms with E-state index in [1.54, 1.807) is 12.1 Å². The average molecular weight is 331 g/mol. The zero-order chi connectivity index (χ0) is 15.2. The summed E-state index contributed by atoms with van der Waals surface area (Å²) < 4.78 is 23.3. The van der Waals surface area contributed by atoms with Gasteiger partial charge in [0.15, 0.2) is 15.9 Å². The Kier molecular flexibility index (Phi) is 3.59. The summed E-state index contributed by atoms with van der Waals surface area (Å²) in [5, 5.41) is 12.7. The SMILES string of the molecule is O=C1Nc2cc(N3CCCS(=O)(=O)CC3)c(Cl)cc2C1O. The first-order valence-electron chi connectivity index (χ1n) is 6.65. The third-order valence-corrected chi connectivity index (χ3v) is 5.83. The molecule has 1 amide bonds. The molecule has 6 nitrogen and oxygen atoms in total. The number of carbonyl (C=O) groups excluding carboxylic acids is 1. The molecule has 0 aliphatic carbocycles. The van der Waals surface area contributed by atoms with Crippen molar-refractivity contribution in [2.24, 2.45) is 0 Å². The second-order valence-corrected chi connectivity index (χ2v) is 7.99. The van der Waals surface area contributed by atoms with E-state index in [0.717, 1.165) is 0 Å². The highest BCUT2D eigenvalue weighted by atomic mass is 35.5. The van der Waals surface area contributed by atoms with Crippen LogP contribution >= 0.6 is 11.6 Å². The van der Waals surface area contributed by atoms with E-state index in [1.807, 2.05) is 4.90 Å². The Balaban J connectivity index is 1.93. The Morgan fingerprint density at radius 2 is 2.05 bits per heavy atom. The predicted octanol–water partition coefficient (Wildman–Crippen LogP) is 0.950. The third kappa shape index (κ3) is 2.73. The number of aliphatic hydroxyl groups excluding tert-OH is 1. The number of aliphatic hydroxyl groups is 1. The fourth-order valence-corrected chi connectivity index (χ4v) is 4.24. The van der Waals surface area contributed by atoms with Crippen LogP contribution in [0.1, 0.15) is 18.1 Å². The van der Waals surface area contributed by atoms with Gasteiger partial charge in [0, 0.05) is 24.3 Å². The van der Waals surface area contributed by atoms with E-state index in [1.165, 1.54) is 0 Å². The topological polar surface area (TPSA) is 86.7 Å². The maximum Gasteiger partial charge on any atom is 0.257 e. The summed E-state index contributed by atoms with van der Waals surface area (Å²) in [7, 11) is -3.00. The molecular weight excluding hydrogens is 316 g/mol. The van der Waals surface area contributed by atoms with E-state index < -0.39 is 21.8 Å². The predicted molar refractivity (Wildman–Crippen MR) is 80.5 cm³/mol. The van der Waals surface area contributed by atoms with Crippen molar-refractivity contribution in [3.05, 3.63) is 22.7 Å². The van der Waals surface area contributed by atoms with Crippen LogP contribution in [0.15, 0.2) is 12.1 Å². The highest BCUT2D eigenvalue weighted by molar-refractivity contribution is 7.91. The van der Waals surface area contributed by atoms with E-state index in [0.29, 0.717) is 41.5 Å². The molecule has 2 aliphatic rings. The highest BCUT2D eigenvalue weighted by Gasteiger charge is 2.30. The summed E-state index contributed by atoms with van der Waals surface area (Å²) in [5.74, 6) is -0.201. The molecule has 2 heterocycles. The highest BCUT2D eigenvalue weighted by Crippen LogP contribution is 2.39. The number of hydrogen-bond donors (Lipinski definition) is 2. The van der Waals surface area contributed by atoms with E-state index in [9.17, 15) is 18.3 Å². The molecule has 3 rings (SSSR count). The van der Waals surface area contributed by atoms with Crippen LogP contribution in [0.2, 0.25) is 5.02 Å². The molecule has 21 heavy (non-hydrogen) atoms. The Labute approximate surface area is 127 Å². The fraction of sp³-hybridized carbons (Fsp3) is 0.462. The lowest BCUT2D eigenvalue weighted by Crippen LogP contribution is -2.27. The molecule has 1 aromatic rings. The Hall–Kier alpha value is -1.31. The molecule has 1 atom stereocenters. The maximum atomic E-state index is 11.7. The second kappa shape index (κ2) is 5.15. The lowest BCUT2D eigenvalue weighted by Gasteiger charge is -2.24. The number of nitrogens with one attached hydrogen (secondary N) is 1. The van der Waals surface area contributed by atoms with Crippen molar-refractivity contribution in [3.8, 4) is 0 Å². The van der Waals surface area contributed by atoms with Gasteiger partial charge >= 0.3 is 0 Å².